The summed E-state index contributed by atoms with van der Waals surface area (Å²) in [6, 6.07) is 0. The van der Waals surface area contributed by atoms with Crippen LogP contribution in [0.25, 0.3) is 6.20 Å². The van der Waals surface area contributed by atoms with Crippen molar-refractivity contribution in [2.45, 2.75) is 39.3 Å². The first kappa shape index (κ1) is 14.4. The normalized spacial score (nSPS) is 11.3. The lowest BCUT2D eigenvalue weighted by Gasteiger charge is -2.20. The molecule has 0 bridgehead atoms. The molecule has 1 aromatic heterocycles. The van der Waals surface area contributed by atoms with Crippen molar-refractivity contribution in [1.82, 2.24) is 20.4 Å². The Balaban J connectivity index is 2.19. The van der Waals surface area contributed by atoms with E-state index in [4.69, 9.17) is 0 Å². The average Bonchev–Trinajstić information content (AvgIpc) is 2.70. The van der Waals surface area contributed by atoms with Crippen LogP contribution in [0.5, 0.6) is 0 Å². The van der Waals surface area contributed by atoms with Crippen LogP contribution in [0.1, 0.15) is 32.8 Å². The fourth-order valence-electron chi connectivity index (χ4n) is 1.48. The summed E-state index contributed by atoms with van der Waals surface area (Å²) in [6.07, 6.45) is 5.80. The van der Waals surface area contributed by atoms with Gasteiger partial charge in [0.05, 0.1) is 6.20 Å². The van der Waals surface area contributed by atoms with Gasteiger partial charge in [0.2, 0.25) is 5.91 Å². The average molecular weight is 250 g/mol. The van der Waals surface area contributed by atoms with Crippen molar-refractivity contribution in [3.05, 3.63) is 24.5 Å². The highest BCUT2D eigenvalue weighted by Crippen LogP contribution is 1.99. The fourth-order valence-corrected chi connectivity index (χ4v) is 1.48. The Morgan fingerprint density at radius 2 is 2.28 bits per heavy atom. The molecule has 0 radical (unpaired) electrons. The van der Waals surface area contributed by atoms with Gasteiger partial charge in [0, 0.05) is 43.0 Å². The van der Waals surface area contributed by atoms with Crippen LogP contribution in [0.3, 0.4) is 0 Å². The van der Waals surface area contributed by atoms with Gasteiger partial charge in [0.15, 0.2) is 0 Å². The molecule has 1 aromatic rings. The predicted molar refractivity (Wildman–Crippen MR) is 72.8 cm³/mol. The highest BCUT2D eigenvalue weighted by atomic mass is 16.1. The molecule has 5 heteroatoms. The van der Waals surface area contributed by atoms with Gasteiger partial charge in [-0.1, -0.05) is 6.58 Å². The number of nitrogens with zero attached hydrogens (tertiary/aromatic N) is 2. The van der Waals surface area contributed by atoms with E-state index >= 15 is 0 Å². The second kappa shape index (κ2) is 6.35. The summed E-state index contributed by atoms with van der Waals surface area (Å²) in [5, 5.41) is 10.2. The summed E-state index contributed by atoms with van der Waals surface area (Å²) in [4.78, 5) is 11.5. The number of hydrogen-bond acceptors (Lipinski definition) is 3. The molecular formula is C13H22N4O. The molecule has 0 saturated heterocycles. The molecule has 0 fully saturated rings. The SMILES string of the molecule is C=Cn1cc(CNCCC(=O)NC(C)(C)C)cn1. The molecular weight excluding hydrogens is 228 g/mol. The summed E-state index contributed by atoms with van der Waals surface area (Å²) in [7, 11) is 0. The summed E-state index contributed by atoms with van der Waals surface area (Å²) in [5.74, 6) is 0.0665. The van der Waals surface area contributed by atoms with Gasteiger partial charge in [0.25, 0.3) is 0 Å². The Labute approximate surface area is 108 Å². The lowest BCUT2D eigenvalue weighted by atomic mass is 10.1. The van der Waals surface area contributed by atoms with E-state index in [2.05, 4.69) is 22.3 Å². The second-order valence-electron chi connectivity index (χ2n) is 5.24. The first-order valence-electron chi connectivity index (χ1n) is 6.08. The van der Waals surface area contributed by atoms with Crippen molar-refractivity contribution in [1.29, 1.82) is 0 Å². The summed E-state index contributed by atoms with van der Waals surface area (Å²) >= 11 is 0. The van der Waals surface area contributed by atoms with Crippen LogP contribution in [0, 0.1) is 0 Å². The van der Waals surface area contributed by atoms with Gasteiger partial charge in [0.1, 0.15) is 0 Å². The zero-order chi connectivity index (χ0) is 13.6. The second-order valence-corrected chi connectivity index (χ2v) is 5.24. The number of carbonyl (C=O) groups excluding carboxylic acids is 1. The van der Waals surface area contributed by atoms with Crippen LogP contribution in [-0.2, 0) is 11.3 Å². The monoisotopic (exact) mass is 250 g/mol. The highest BCUT2D eigenvalue weighted by Gasteiger charge is 2.12. The summed E-state index contributed by atoms with van der Waals surface area (Å²) in [5.41, 5.74) is 0.911. The van der Waals surface area contributed by atoms with Gasteiger partial charge in [-0.2, -0.15) is 5.10 Å². The van der Waals surface area contributed by atoms with Crippen molar-refractivity contribution in [2.75, 3.05) is 6.54 Å². The van der Waals surface area contributed by atoms with Crippen molar-refractivity contribution < 1.29 is 4.79 Å². The first-order chi connectivity index (χ1) is 8.40. The molecule has 1 heterocycles. The van der Waals surface area contributed by atoms with E-state index in [9.17, 15) is 4.79 Å². The van der Waals surface area contributed by atoms with Gasteiger partial charge < -0.3 is 10.6 Å². The third kappa shape index (κ3) is 5.63. The quantitative estimate of drug-likeness (QED) is 0.750. The summed E-state index contributed by atoms with van der Waals surface area (Å²) < 4.78 is 1.66. The minimum atomic E-state index is -0.165. The topological polar surface area (TPSA) is 59.0 Å². The molecule has 0 aliphatic rings. The molecule has 0 saturated carbocycles. The van der Waals surface area contributed by atoms with Crippen molar-refractivity contribution in [3.63, 3.8) is 0 Å². The Morgan fingerprint density at radius 3 is 2.83 bits per heavy atom. The van der Waals surface area contributed by atoms with Crippen LogP contribution >= 0.6 is 0 Å². The zero-order valence-electron chi connectivity index (χ0n) is 11.4. The van der Waals surface area contributed by atoms with Gasteiger partial charge >= 0.3 is 0 Å². The molecule has 0 aromatic carbocycles. The first-order valence-corrected chi connectivity index (χ1v) is 6.08. The fraction of sp³-hybridized carbons (Fsp3) is 0.538. The van der Waals surface area contributed by atoms with Crippen molar-refractivity contribution >= 4 is 12.1 Å². The third-order valence-electron chi connectivity index (χ3n) is 2.21. The van der Waals surface area contributed by atoms with E-state index < -0.39 is 0 Å². The molecule has 5 nitrogen and oxygen atoms in total. The largest absolute Gasteiger partial charge is 0.351 e. The van der Waals surface area contributed by atoms with Crippen LogP contribution in [0.4, 0.5) is 0 Å². The highest BCUT2D eigenvalue weighted by molar-refractivity contribution is 5.76. The minimum absolute atomic E-state index is 0.0665. The van der Waals surface area contributed by atoms with Crippen LogP contribution < -0.4 is 10.6 Å². The molecule has 1 amide bonds. The maximum absolute atomic E-state index is 11.5. The van der Waals surface area contributed by atoms with Gasteiger partial charge in [-0.15, -0.1) is 0 Å². The Hall–Kier alpha value is -1.62. The molecule has 2 N–H and O–H groups in total. The van der Waals surface area contributed by atoms with Crippen LogP contribution in [-0.4, -0.2) is 27.8 Å². The third-order valence-corrected chi connectivity index (χ3v) is 2.21. The van der Waals surface area contributed by atoms with Gasteiger partial charge in [-0.3, -0.25) is 4.79 Å². The predicted octanol–water partition coefficient (Wildman–Crippen LogP) is 1.38. The lowest BCUT2D eigenvalue weighted by molar-refractivity contribution is -0.122. The van der Waals surface area contributed by atoms with Crippen molar-refractivity contribution in [2.24, 2.45) is 0 Å². The van der Waals surface area contributed by atoms with Gasteiger partial charge in [-0.05, 0) is 20.8 Å². The number of hydrogen-bond donors (Lipinski definition) is 2. The van der Waals surface area contributed by atoms with E-state index in [1.807, 2.05) is 27.0 Å². The molecule has 100 valence electrons. The summed E-state index contributed by atoms with van der Waals surface area (Å²) in [6.45, 7) is 10.9. The molecule has 1 rings (SSSR count). The van der Waals surface area contributed by atoms with Crippen LogP contribution in [0.15, 0.2) is 19.0 Å². The van der Waals surface area contributed by atoms with E-state index in [0.717, 1.165) is 5.56 Å². The number of aromatic nitrogens is 2. The number of carbonyl (C=O) groups is 1. The number of nitrogens with one attached hydrogen (secondary N) is 2. The van der Waals surface area contributed by atoms with Crippen LogP contribution in [0.2, 0.25) is 0 Å². The minimum Gasteiger partial charge on any atom is -0.351 e. The van der Waals surface area contributed by atoms with E-state index in [1.54, 1.807) is 17.1 Å². The Bertz CT molecular complexity index is 403. The van der Waals surface area contributed by atoms with Crippen molar-refractivity contribution in [3.8, 4) is 0 Å². The smallest absolute Gasteiger partial charge is 0.221 e. The molecule has 0 aliphatic carbocycles. The molecule has 0 unspecified atom stereocenters. The van der Waals surface area contributed by atoms with E-state index in [-0.39, 0.29) is 11.4 Å². The van der Waals surface area contributed by atoms with E-state index in [1.165, 1.54) is 0 Å². The standard InChI is InChI=1S/C13H22N4O/c1-5-17-10-11(9-15-17)8-14-7-6-12(18)16-13(2,3)4/h5,9-10,14H,1,6-8H2,2-4H3,(H,16,18). The van der Waals surface area contributed by atoms with Gasteiger partial charge in [-0.25, -0.2) is 4.68 Å². The van der Waals surface area contributed by atoms with E-state index in [0.29, 0.717) is 19.5 Å². The molecule has 0 aliphatic heterocycles. The maximum Gasteiger partial charge on any atom is 0.221 e. The zero-order valence-corrected chi connectivity index (χ0v) is 11.4. The number of amides is 1. The lowest BCUT2D eigenvalue weighted by Crippen LogP contribution is -2.41. The maximum atomic E-state index is 11.5. The Morgan fingerprint density at radius 1 is 1.56 bits per heavy atom. The number of rotatable bonds is 6. The molecule has 0 spiro atoms. The Kier molecular flexibility index (Phi) is 5.09. The molecule has 18 heavy (non-hydrogen) atoms. The molecule has 0 atom stereocenters.